The molecule has 1 amide bonds. The first-order chi connectivity index (χ1) is 12.6. The average Bonchev–Trinajstić information content (AvgIpc) is 3.30. The fraction of sp³-hybridized carbons (Fsp3) is 0.238. The van der Waals surface area contributed by atoms with Crippen LogP contribution < -0.4 is 4.90 Å². The van der Waals surface area contributed by atoms with Gasteiger partial charge in [-0.05, 0) is 54.7 Å². The van der Waals surface area contributed by atoms with Crippen LogP contribution in [0.5, 0.6) is 0 Å². The van der Waals surface area contributed by atoms with Gasteiger partial charge in [0, 0.05) is 29.9 Å². The Bertz CT molecular complexity index is 919. The van der Waals surface area contributed by atoms with Gasteiger partial charge < -0.3 is 4.90 Å². The van der Waals surface area contributed by atoms with Crippen LogP contribution >= 0.6 is 0 Å². The molecule has 2 aromatic carbocycles. The molecule has 2 heterocycles. The van der Waals surface area contributed by atoms with E-state index in [9.17, 15) is 9.18 Å². The smallest absolute Gasteiger partial charge is 0.230 e. The van der Waals surface area contributed by atoms with Gasteiger partial charge in [-0.3, -0.25) is 9.89 Å². The number of benzene rings is 2. The molecule has 26 heavy (non-hydrogen) atoms. The highest BCUT2D eigenvalue weighted by atomic mass is 19.1. The van der Waals surface area contributed by atoms with Gasteiger partial charge in [-0.25, -0.2) is 4.39 Å². The first-order valence-corrected chi connectivity index (χ1v) is 8.78. The lowest BCUT2D eigenvalue weighted by atomic mass is 9.95. The fourth-order valence-electron chi connectivity index (χ4n) is 3.57. The molecule has 3 aromatic rings. The summed E-state index contributed by atoms with van der Waals surface area (Å²) in [6.07, 6.45) is 4.99. The van der Waals surface area contributed by atoms with Gasteiger partial charge in [0.15, 0.2) is 0 Å². The Labute approximate surface area is 151 Å². The van der Waals surface area contributed by atoms with Crippen molar-refractivity contribution >= 4 is 11.6 Å². The number of amides is 1. The lowest BCUT2D eigenvalue weighted by Gasteiger charge is -2.17. The molecule has 0 spiro atoms. The van der Waals surface area contributed by atoms with Crippen molar-refractivity contribution in [2.75, 3.05) is 11.4 Å². The van der Waals surface area contributed by atoms with Crippen LogP contribution in [0.15, 0.2) is 54.9 Å². The first-order valence-electron chi connectivity index (χ1n) is 8.78. The molecule has 5 heteroatoms. The second kappa shape index (κ2) is 6.75. The van der Waals surface area contributed by atoms with Crippen molar-refractivity contribution in [1.82, 2.24) is 10.2 Å². The molecule has 1 fully saturated rings. The fourth-order valence-corrected chi connectivity index (χ4v) is 3.57. The highest BCUT2D eigenvalue weighted by Crippen LogP contribution is 2.30. The van der Waals surface area contributed by atoms with Crippen LogP contribution in [0.2, 0.25) is 0 Å². The van der Waals surface area contributed by atoms with Gasteiger partial charge in [0.2, 0.25) is 5.91 Å². The summed E-state index contributed by atoms with van der Waals surface area (Å²) in [5.41, 5.74) is 4.54. The van der Waals surface area contributed by atoms with E-state index in [1.807, 2.05) is 41.4 Å². The van der Waals surface area contributed by atoms with E-state index < -0.39 is 0 Å². The summed E-state index contributed by atoms with van der Waals surface area (Å²) < 4.78 is 13.7. The molecular formula is C21H20FN3O. The number of halogens is 1. The zero-order valence-electron chi connectivity index (χ0n) is 14.6. The normalized spacial score (nSPS) is 17.1. The number of H-pyrrole nitrogens is 1. The van der Waals surface area contributed by atoms with Crippen LogP contribution in [0, 0.1) is 18.7 Å². The molecule has 0 bridgehead atoms. The summed E-state index contributed by atoms with van der Waals surface area (Å²) in [5, 5.41) is 6.76. The summed E-state index contributed by atoms with van der Waals surface area (Å²) in [5.74, 6) is -0.187. The molecule has 1 atom stereocenters. The van der Waals surface area contributed by atoms with E-state index >= 15 is 0 Å². The molecule has 0 radical (unpaired) electrons. The summed E-state index contributed by atoms with van der Waals surface area (Å²) in [6.45, 7) is 2.47. The Morgan fingerprint density at radius 3 is 2.73 bits per heavy atom. The van der Waals surface area contributed by atoms with E-state index in [4.69, 9.17) is 0 Å². The number of aromatic amines is 1. The molecule has 1 aliphatic heterocycles. The highest BCUT2D eigenvalue weighted by Gasteiger charge is 2.32. The Hall–Kier alpha value is -2.95. The van der Waals surface area contributed by atoms with Gasteiger partial charge >= 0.3 is 0 Å². The van der Waals surface area contributed by atoms with E-state index in [1.54, 1.807) is 19.2 Å². The third-order valence-electron chi connectivity index (χ3n) is 5.17. The molecule has 1 unspecified atom stereocenters. The van der Waals surface area contributed by atoms with E-state index in [0.29, 0.717) is 18.5 Å². The Morgan fingerprint density at radius 2 is 2.00 bits per heavy atom. The van der Waals surface area contributed by atoms with Crippen LogP contribution in [0.3, 0.4) is 0 Å². The maximum absolute atomic E-state index is 13.7. The molecular weight excluding hydrogens is 329 g/mol. The maximum atomic E-state index is 13.7. The van der Waals surface area contributed by atoms with Gasteiger partial charge in [-0.2, -0.15) is 5.10 Å². The molecule has 0 aliphatic carbocycles. The Balaban J connectivity index is 1.49. The Morgan fingerprint density at radius 1 is 1.19 bits per heavy atom. The molecule has 1 saturated heterocycles. The molecule has 4 rings (SSSR count). The summed E-state index contributed by atoms with van der Waals surface area (Å²) >= 11 is 0. The number of carbonyl (C=O) groups is 1. The predicted octanol–water partition coefficient (Wildman–Crippen LogP) is 4.12. The molecule has 1 N–H and O–H groups in total. The lowest BCUT2D eigenvalue weighted by molar-refractivity contribution is -0.120. The van der Waals surface area contributed by atoms with Crippen molar-refractivity contribution in [3.05, 3.63) is 71.8 Å². The van der Waals surface area contributed by atoms with E-state index in [2.05, 4.69) is 10.2 Å². The van der Waals surface area contributed by atoms with Gasteiger partial charge in [0.05, 0.1) is 6.20 Å². The lowest BCUT2D eigenvalue weighted by Crippen LogP contribution is -2.27. The van der Waals surface area contributed by atoms with Crippen molar-refractivity contribution in [1.29, 1.82) is 0 Å². The van der Waals surface area contributed by atoms with Gasteiger partial charge in [-0.1, -0.05) is 24.3 Å². The van der Waals surface area contributed by atoms with Crippen molar-refractivity contribution in [3.63, 3.8) is 0 Å². The first kappa shape index (κ1) is 16.5. The van der Waals surface area contributed by atoms with Crippen LogP contribution in [0.4, 0.5) is 10.1 Å². The largest absolute Gasteiger partial charge is 0.312 e. The minimum atomic E-state index is -0.209. The SMILES string of the molecule is Cc1c(F)cccc1CC1CCN(c2ccc(-c3cn[nH]c3)cc2)C1=O. The number of rotatable bonds is 4. The van der Waals surface area contributed by atoms with Crippen LogP contribution in [-0.4, -0.2) is 22.6 Å². The number of anilines is 1. The molecule has 1 aromatic heterocycles. The number of carbonyl (C=O) groups excluding carboxylic acids is 1. The summed E-state index contributed by atoms with van der Waals surface area (Å²) in [6, 6.07) is 13.0. The van der Waals surface area contributed by atoms with Crippen molar-refractivity contribution in [3.8, 4) is 11.1 Å². The van der Waals surface area contributed by atoms with E-state index in [-0.39, 0.29) is 17.6 Å². The zero-order chi connectivity index (χ0) is 18.1. The maximum Gasteiger partial charge on any atom is 0.230 e. The number of hydrogen-bond acceptors (Lipinski definition) is 2. The van der Waals surface area contributed by atoms with Crippen molar-refractivity contribution < 1.29 is 9.18 Å². The quantitative estimate of drug-likeness (QED) is 0.770. The van der Waals surface area contributed by atoms with Crippen LogP contribution in [0.1, 0.15) is 17.5 Å². The van der Waals surface area contributed by atoms with Crippen LogP contribution in [0.25, 0.3) is 11.1 Å². The van der Waals surface area contributed by atoms with Crippen LogP contribution in [-0.2, 0) is 11.2 Å². The third kappa shape index (κ3) is 3.01. The molecule has 0 saturated carbocycles. The second-order valence-corrected chi connectivity index (χ2v) is 6.74. The van der Waals surface area contributed by atoms with E-state index in [1.165, 1.54) is 6.07 Å². The molecule has 4 nitrogen and oxygen atoms in total. The number of hydrogen-bond donors (Lipinski definition) is 1. The van der Waals surface area contributed by atoms with E-state index in [0.717, 1.165) is 28.8 Å². The monoisotopic (exact) mass is 349 g/mol. The third-order valence-corrected chi connectivity index (χ3v) is 5.17. The topological polar surface area (TPSA) is 49.0 Å². The molecule has 132 valence electrons. The molecule has 1 aliphatic rings. The minimum absolute atomic E-state index is 0.0935. The predicted molar refractivity (Wildman–Crippen MR) is 99.3 cm³/mol. The van der Waals surface area contributed by atoms with Crippen molar-refractivity contribution in [2.45, 2.75) is 19.8 Å². The second-order valence-electron chi connectivity index (χ2n) is 6.74. The number of aromatic nitrogens is 2. The van der Waals surface area contributed by atoms with Gasteiger partial charge in [0.1, 0.15) is 5.82 Å². The van der Waals surface area contributed by atoms with Gasteiger partial charge in [0.25, 0.3) is 0 Å². The minimum Gasteiger partial charge on any atom is -0.312 e. The average molecular weight is 349 g/mol. The number of nitrogens with one attached hydrogen (secondary N) is 1. The van der Waals surface area contributed by atoms with Gasteiger partial charge in [-0.15, -0.1) is 0 Å². The Kier molecular flexibility index (Phi) is 4.29. The highest BCUT2D eigenvalue weighted by molar-refractivity contribution is 5.97. The zero-order valence-corrected chi connectivity index (χ0v) is 14.6. The standard InChI is InChI=1S/C21H20FN3O/c1-14-16(3-2-4-20(14)22)11-17-9-10-25(21(17)26)19-7-5-15(6-8-19)18-12-23-24-13-18/h2-8,12-13,17H,9-11H2,1H3,(H,23,24). The number of nitrogens with zero attached hydrogens (tertiary/aromatic N) is 2. The van der Waals surface area contributed by atoms with Crippen molar-refractivity contribution in [2.24, 2.45) is 5.92 Å². The summed E-state index contributed by atoms with van der Waals surface area (Å²) in [7, 11) is 0. The summed E-state index contributed by atoms with van der Waals surface area (Å²) in [4.78, 5) is 14.7.